The summed E-state index contributed by atoms with van der Waals surface area (Å²) in [7, 11) is 2.05. The van der Waals surface area contributed by atoms with Crippen LogP contribution < -0.4 is 5.32 Å². The van der Waals surface area contributed by atoms with Crippen molar-refractivity contribution in [2.24, 2.45) is 11.8 Å². The van der Waals surface area contributed by atoms with Crippen LogP contribution in [0.3, 0.4) is 0 Å². The molecule has 2 aliphatic rings. The molecule has 3 nitrogen and oxygen atoms in total. The summed E-state index contributed by atoms with van der Waals surface area (Å²) in [6.45, 7) is 6.10. The first-order chi connectivity index (χ1) is 9.28. The molecule has 1 heterocycles. The average molecular weight is 269 g/mol. The Morgan fingerprint density at radius 2 is 1.79 bits per heavy atom. The fraction of sp³-hybridized carbons (Fsp3) is 1.00. The molecule has 0 bridgehead atoms. The summed E-state index contributed by atoms with van der Waals surface area (Å²) in [6, 6.07) is 0. The van der Waals surface area contributed by atoms with E-state index in [1.165, 1.54) is 44.9 Å². The van der Waals surface area contributed by atoms with Crippen LogP contribution in [0, 0.1) is 11.8 Å². The summed E-state index contributed by atoms with van der Waals surface area (Å²) in [5, 5.41) is 3.35. The van der Waals surface area contributed by atoms with Gasteiger partial charge in [0.2, 0.25) is 0 Å². The number of nitrogens with one attached hydrogen (secondary N) is 1. The highest BCUT2D eigenvalue weighted by molar-refractivity contribution is 4.89. The number of hydrogen-bond donors (Lipinski definition) is 1. The van der Waals surface area contributed by atoms with E-state index in [1.54, 1.807) is 0 Å². The molecule has 1 saturated carbocycles. The molecule has 0 aromatic rings. The topological polar surface area (TPSA) is 30.5 Å². The lowest BCUT2D eigenvalue weighted by Crippen LogP contribution is -2.46. The second-order valence-electron chi connectivity index (χ2n) is 6.43. The Balaban J connectivity index is 1.81. The predicted octanol–water partition coefficient (Wildman–Crippen LogP) is 2.99. The summed E-state index contributed by atoms with van der Waals surface area (Å²) in [5.41, 5.74) is 0.110. The lowest BCUT2D eigenvalue weighted by Gasteiger charge is -2.41. The second kappa shape index (κ2) is 7.61. The van der Waals surface area contributed by atoms with Crippen molar-refractivity contribution < 1.29 is 9.47 Å². The van der Waals surface area contributed by atoms with Crippen molar-refractivity contribution in [2.45, 2.75) is 57.5 Å². The molecule has 2 fully saturated rings. The van der Waals surface area contributed by atoms with Gasteiger partial charge in [0.25, 0.3) is 0 Å². The molecule has 0 aromatic carbocycles. The summed E-state index contributed by atoms with van der Waals surface area (Å²) < 4.78 is 11.9. The van der Waals surface area contributed by atoms with Crippen molar-refractivity contribution in [3.63, 3.8) is 0 Å². The smallest absolute Gasteiger partial charge is 0.0806 e. The number of ether oxygens (including phenoxy) is 2. The molecule has 2 rings (SSSR count). The van der Waals surface area contributed by atoms with Crippen LogP contribution in [0.1, 0.15) is 51.9 Å². The van der Waals surface area contributed by atoms with E-state index < -0.39 is 0 Å². The van der Waals surface area contributed by atoms with Crippen molar-refractivity contribution >= 4 is 0 Å². The third-order valence-corrected chi connectivity index (χ3v) is 5.06. The molecule has 0 amide bonds. The Bertz CT molecular complexity index is 243. The molecule has 1 aliphatic heterocycles. The zero-order valence-corrected chi connectivity index (χ0v) is 12.7. The summed E-state index contributed by atoms with van der Waals surface area (Å²) >= 11 is 0. The van der Waals surface area contributed by atoms with Crippen molar-refractivity contribution in [1.82, 2.24) is 5.32 Å². The molecule has 0 unspecified atom stereocenters. The molecule has 1 N–H and O–H groups in total. The maximum Gasteiger partial charge on any atom is 0.0806 e. The van der Waals surface area contributed by atoms with Gasteiger partial charge in [0.05, 0.1) is 12.2 Å². The maximum absolute atomic E-state index is 6.43. The van der Waals surface area contributed by atoms with Gasteiger partial charge in [0.15, 0.2) is 0 Å². The van der Waals surface area contributed by atoms with Crippen LogP contribution in [0.2, 0.25) is 0 Å². The maximum atomic E-state index is 6.43. The first kappa shape index (κ1) is 15.3. The Hall–Kier alpha value is -0.120. The zero-order valence-electron chi connectivity index (χ0n) is 12.7. The van der Waals surface area contributed by atoms with E-state index in [1.807, 2.05) is 7.05 Å². The molecular formula is C16H31NO2. The second-order valence-corrected chi connectivity index (χ2v) is 6.43. The van der Waals surface area contributed by atoms with Gasteiger partial charge < -0.3 is 14.8 Å². The molecule has 0 aromatic heterocycles. The van der Waals surface area contributed by atoms with Gasteiger partial charge in [-0.25, -0.2) is 0 Å². The zero-order chi connectivity index (χ0) is 13.6. The average Bonchev–Trinajstić information content (AvgIpc) is 2.48. The van der Waals surface area contributed by atoms with E-state index in [0.717, 1.165) is 32.3 Å². The quantitative estimate of drug-likeness (QED) is 0.804. The Morgan fingerprint density at radius 3 is 2.37 bits per heavy atom. The van der Waals surface area contributed by atoms with Crippen molar-refractivity contribution in [2.75, 3.05) is 33.4 Å². The minimum atomic E-state index is 0.110. The van der Waals surface area contributed by atoms with Crippen LogP contribution in [-0.4, -0.2) is 39.0 Å². The van der Waals surface area contributed by atoms with Crippen LogP contribution in [0.4, 0.5) is 0 Å². The standard InChI is InChI=1S/C16H31NO2/c1-3-14-4-8-16(9-5-14,13-17-2)19-12-15-6-10-18-11-7-15/h14-15,17H,3-13H2,1-2H3. The lowest BCUT2D eigenvalue weighted by atomic mass is 9.77. The molecule has 112 valence electrons. The Kier molecular flexibility index (Phi) is 6.11. The van der Waals surface area contributed by atoms with Crippen molar-refractivity contribution in [3.05, 3.63) is 0 Å². The molecule has 1 aliphatic carbocycles. The highest BCUT2D eigenvalue weighted by Gasteiger charge is 2.35. The summed E-state index contributed by atoms with van der Waals surface area (Å²) in [5.74, 6) is 1.64. The van der Waals surface area contributed by atoms with E-state index in [2.05, 4.69) is 12.2 Å². The lowest BCUT2D eigenvalue weighted by molar-refractivity contribution is -0.0983. The number of likely N-dealkylation sites (N-methyl/N-ethyl adjacent to an activating group) is 1. The van der Waals surface area contributed by atoms with Crippen LogP contribution in [-0.2, 0) is 9.47 Å². The third-order valence-electron chi connectivity index (χ3n) is 5.06. The van der Waals surface area contributed by atoms with E-state index in [4.69, 9.17) is 9.47 Å². The van der Waals surface area contributed by atoms with Gasteiger partial charge in [-0.15, -0.1) is 0 Å². The predicted molar refractivity (Wildman–Crippen MR) is 78.4 cm³/mol. The van der Waals surface area contributed by atoms with Gasteiger partial charge in [0.1, 0.15) is 0 Å². The number of rotatable bonds is 6. The highest BCUT2D eigenvalue weighted by atomic mass is 16.5. The van der Waals surface area contributed by atoms with E-state index in [0.29, 0.717) is 5.92 Å². The largest absolute Gasteiger partial charge is 0.381 e. The van der Waals surface area contributed by atoms with Gasteiger partial charge >= 0.3 is 0 Å². The summed E-state index contributed by atoms with van der Waals surface area (Å²) in [6.07, 6.45) is 8.82. The molecule has 3 heteroatoms. The molecule has 1 saturated heterocycles. The molecule has 19 heavy (non-hydrogen) atoms. The fourth-order valence-electron chi connectivity index (χ4n) is 3.51. The van der Waals surface area contributed by atoms with Crippen LogP contribution in [0.15, 0.2) is 0 Å². The molecule has 0 spiro atoms. The van der Waals surface area contributed by atoms with Crippen LogP contribution >= 0.6 is 0 Å². The SMILES string of the molecule is CCC1CCC(CNC)(OCC2CCOCC2)CC1. The van der Waals surface area contributed by atoms with E-state index in [9.17, 15) is 0 Å². The fourth-order valence-corrected chi connectivity index (χ4v) is 3.51. The number of hydrogen-bond acceptors (Lipinski definition) is 3. The Morgan fingerprint density at radius 1 is 1.11 bits per heavy atom. The molecule has 0 atom stereocenters. The van der Waals surface area contributed by atoms with Gasteiger partial charge in [-0.1, -0.05) is 13.3 Å². The minimum Gasteiger partial charge on any atom is -0.381 e. The normalized spacial score (nSPS) is 33.5. The van der Waals surface area contributed by atoms with Gasteiger partial charge in [-0.3, -0.25) is 0 Å². The van der Waals surface area contributed by atoms with Crippen molar-refractivity contribution in [3.8, 4) is 0 Å². The third kappa shape index (κ3) is 4.44. The molecule has 0 radical (unpaired) electrons. The van der Waals surface area contributed by atoms with Crippen LogP contribution in [0.5, 0.6) is 0 Å². The van der Waals surface area contributed by atoms with Gasteiger partial charge in [0, 0.05) is 19.8 Å². The van der Waals surface area contributed by atoms with Gasteiger partial charge in [-0.2, -0.15) is 0 Å². The van der Waals surface area contributed by atoms with E-state index >= 15 is 0 Å². The van der Waals surface area contributed by atoms with E-state index in [-0.39, 0.29) is 5.60 Å². The molecular weight excluding hydrogens is 238 g/mol. The van der Waals surface area contributed by atoms with Crippen molar-refractivity contribution in [1.29, 1.82) is 0 Å². The van der Waals surface area contributed by atoms with Gasteiger partial charge in [-0.05, 0) is 57.4 Å². The summed E-state index contributed by atoms with van der Waals surface area (Å²) in [4.78, 5) is 0. The first-order valence-corrected chi connectivity index (χ1v) is 8.14. The monoisotopic (exact) mass is 269 g/mol. The Labute approximate surface area is 118 Å². The first-order valence-electron chi connectivity index (χ1n) is 8.14. The van der Waals surface area contributed by atoms with Crippen LogP contribution in [0.25, 0.3) is 0 Å². The highest BCUT2D eigenvalue weighted by Crippen LogP contribution is 2.36. The minimum absolute atomic E-state index is 0.110.